The number of hydrogen-bond donors (Lipinski definition) is 0. The van der Waals surface area contributed by atoms with Crippen molar-refractivity contribution < 1.29 is 0 Å². The SMILES string of the molecule is CC1(C)c2ccc(-c3ccccc3-c3ccc(-c4nc(-c5ccccc5)nc(-c5ccccc5)n4)cc3)cc2-c2cccc(-c3ccccc3)c2C1(C)C. The Kier molecular flexibility index (Phi) is 8.16. The second-order valence-corrected chi connectivity index (χ2v) is 15.3. The molecule has 0 aliphatic heterocycles. The minimum Gasteiger partial charge on any atom is -0.208 e. The Bertz CT molecular complexity index is 2570. The standard InChI is InChI=1S/C51H41N3/c1-50(2)45-32-31-39(33-44(45)43-26-16-25-42(46(43)51(50,3)4)34-17-8-5-9-18-34)41-24-15-14-23-40(41)35-27-29-38(30-28-35)49-53-47(36-19-10-6-11-20-36)52-48(54-49)37-21-12-7-13-22-37/h5-33H,1-4H3. The molecule has 0 unspecified atom stereocenters. The van der Waals surface area contributed by atoms with Gasteiger partial charge in [0.2, 0.25) is 0 Å². The highest BCUT2D eigenvalue weighted by Crippen LogP contribution is 2.56. The Labute approximate surface area is 318 Å². The molecule has 1 aromatic heterocycles. The number of fused-ring (bicyclic) bond motifs is 3. The summed E-state index contributed by atoms with van der Waals surface area (Å²) in [7, 11) is 0. The van der Waals surface area contributed by atoms with E-state index in [-0.39, 0.29) is 10.8 Å². The van der Waals surface area contributed by atoms with Crippen molar-refractivity contribution in [1.29, 1.82) is 0 Å². The van der Waals surface area contributed by atoms with Crippen LogP contribution in [0.2, 0.25) is 0 Å². The molecule has 0 saturated heterocycles. The average Bonchev–Trinajstić information content (AvgIpc) is 3.23. The minimum absolute atomic E-state index is 0.0921. The van der Waals surface area contributed by atoms with Crippen LogP contribution in [0.3, 0.4) is 0 Å². The van der Waals surface area contributed by atoms with Gasteiger partial charge in [0, 0.05) is 22.1 Å². The van der Waals surface area contributed by atoms with E-state index in [9.17, 15) is 0 Å². The number of nitrogens with zero attached hydrogens (tertiary/aromatic N) is 3. The summed E-state index contributed by atoms with van der Waals surface area (Å²) in [6.07, 6.45) is 0. The molecule has 0 N–H and O–H groups in total. The van der Waals surface area contributed by atoms with Gasteiger partial charge in [-0.15, -0.1) is 0 Å². The van der Waals surface area contributed by atoms with E-state index in [2.05, 4.69) is 143 Å². The third kappa shape index (κ3) is 5.64. The molecule has 54 heavy (non-hydrogen) atoms. The molecule has 0 fully saturated rings. The smallest absolute Gasteiger partial charge is 0.164 e. The zero-order valence-electron chi connectivity index (χ0n) is 31.1. The van der Waals surface area contributed by atoms with Crippen LogP contribution < -0.4 is 0 Å². The summed E-state index contributed by atoms with van der Waals surface area (Å²) < 4.78 is 0. The normalized spacial score (nSPS) is 13.9. The highest BCUT2D eigenvalue weighted by atomic mass is 15.0. The number of hydrogen-bond acceptors (Lipinski definition) is 3. The fraction of sp³-hybridized carbons (Fsp3) is 0.118. The predicted molar refractivity (Wildman–Crippen MR) is 224 cm³/mol. The molecule has 0 bridgehead atoms. The van der Waals surface area contributed by atoms with Gasteiger partial charge in [0.1, 0.15) is 0 Å². The van der Waals surface area contributed by atoms with Crippen molar-refractivity contribution in [2.75, 3.05) is 0 Å². The predicted octanol–water partition coefficient (Wildman–Crippen LogP) is 13.1. The van der Waals surface area contributed by atoms with Gasteiger partial charge >= 0.3 is 0 Å². The molecule has 1 aliphatic carbocycles. The summed E-state index contributed by atoms with van der Waals surface area (Å²) in [5.74, 6) is 1.96. The Morgan fingerprint density at radius 1 is 0.296 bits per heavy atom. The van der Waals surface area contributed by atoms with E-state index in [1.807, 2.05) is 60.7 Å². The maximum absolute atomic E-state index is 4.95. The average molecular weight is 696 g/mol. The Morgan fingerprint density at radius 3 is 1.24 bits per heavy atom. The van der Waals surface area contributed by atoms with Crippen molar-refractivity contribution in [3.05, 3.63) is 187 Å². The highest BCUT2D eigenvalue weighted by Gasteiger charge is 2.47. The molecule has 0 saturated carbocycles. The topological polar surface area (TPSA) is 38.7 Å². The van der Waals surface area contributed by atoms with E-state index in [0.717, 1.165) is 22.3 Å². The van der Waals surface area contributed by atoms with Gasteiger partial charge in [-0.05, 0) is 67.1 Å². The van der Waals surface area contributed by atoms with Crippen molar-refractivity contribution in [2.45, 2.75) is 38.5 Å². The summed E-state index contributed by atoms with van der Waals surface area (Å²) in [5, 5.41) is 0. The summed E-state index contributed by atoms with van der Waals surface area (Å²) in [5.41, 5.74) is 15.4. The first-order valence-corrected chi connectivity index (χ1v) is 18.7. The first-order valence-electron chi connectivity index (χ1n) is 18.7. The van der Waals surface area contributed by atoms with Crippen molar-refractivity contribution in [1.82, 2.24) is 15.0 Å². The number of benzene rings is 7. The van der Waals surface area contributed by atoms with Gasteiger partial charge < -0.3 is 0 Å². The molecule has 1 heterocycles. The monoisotopic (exact) mass is 695 g/mol. The quantitative estimate of drug-likeness (QED) is 0.174. The second-order valence-electron chi connectivity index (χ2n) is 15.3. The maximum Gasteiger partial charge on any atom is 0.164 e. The van der Waals surface area contributed by atoms with E-state index in [1.165, 1.54) is 50.1 Å². The van der Waals surface area contributed by atoms with Crippen LogP contribution in [0.15, 0.2) is 176 Å². The lowest BCUT2D eigenvalue weighted by atomic mass is 9.54. The summed E-state index contributed by atoms with van der Waals surface area (Å²) in [6, 6.07) is 62.4. The molecular weight excluding hydrogens is 655 g/mol. The minimum atomic E-state index is -0.0934. The van der Waals surface area contributed by atoms with Crippen molar-refractivity contribution in [3.8, 4) is 78.7 Å². The van der Waals surface area contributed by atoms with Gasteiger partial charge in [0.05, 0.1) is 0 Å². The molecule has 0 radical (unpaired) electrons. The van der Waals surface area contributed by atoms with E-state index >= 15 is 0 Å². The summed E-state index contributed by atoms with van der Waals surface area (Å²) in [4.78, 5) is 14.8. The van der Waals surface area contributed by atoms with Crippen molar-refractivity contribution in [2.24, 2.45) is 0 Å². The van der Waals surface area contributed by atoms with Crippen LogP contribution in [0, 0.1) is 0 Å². The van der Waals surface area contributed by atoms with Crippen molar-refractivity contribution >= 4 is 0 Å². The molecule has 7 aromatic carbocycles. The molecule has 0 spiro atoms. The van der Waals surface area contributed by atoms with Gasteiger partial charge in [-0.2, -0.15) is 0 Å². The molecular formula is C51H41N3. The lowest BCUT2D eigenvalue weighted by Gasteiger charge is -2.49. The van der Waals surface area contributed by atoms with Crippen LogP contribution >= 0.6 is 0 Å². The molecule has 9 rings (SSSR count). The van der Waals surface area contributed by atoms with Crippen LogP contribution in [-0.2, 0) is 10.8 Å². The van der Waals surface area contributed by atoms with E-state index in [1.54, 1.807) is 0 Å². The zero-order chi connectivity index (χ0) is 36.9. The molecule has 0 amide bonds. The van der Waals surface area contributed by atoms with Crippen LogP contribution in [0.1, 0.15) is 38.8 Å². The number of aromatic nitrogens is 3. The third-order valence-corrected chi connectivity index (χ3v) is 11.7. The molecule has 0 atom stereocenters. The van der Waals surface area contributed by atoms with Crippen LogP contribution in [0.5, 0.6) is 0 Å². The lowest BCUT2D eigenvalue weighted by Crippen LogP contribution is -2.44. The largest absolute Gasteiger partial charge is 0.208 e. The van der Waals surface area contributed by atoms with Crippen LogP contribution in [-0.4, -0.2) is 15.0 Å². The third-order valence-electron chi connectivity index (χ3n) is 11.7. The molecule has 3 nitrogen and oxygen atoms in total. The fourth-order valence-electron chi connectivity index (χ4n) is 8.16. The van der Waals surface area contributed by atoms with Gasteiger partial charge in [-0.1, -0.05) is 198 Å². The second kappa shape index (κ2) is 13.2. The van der Waals surface area contributed by atoms with Crippen LogP contribution in [0.4, 0.5) is 0 Å². The summed E-state index contributed by atoms with van der Waals surface area (Å²) in [6.45, 7) is 9.64. The van der Waals surface area contributed by atoms with Gasteiger partial charge in [-0.25, -0.2) is 15.0 Å². The van der Waals surface area contributed by atoms with E-state index < -0.39 is 0 Å². The van der Waals surface area contributed by atoms with Gasteiger partial charge in [-0.3, -0.25) is 0 Å². The van der Waals surface area contributed by atoms with E-state index in [4.69, 9.17) is 15.0 Å². The van der Waals surface area contributed by atoms with Gasteiger partial charge in [0.25, 0.3) is 0 Å². The molecule has 8 aromatic rings. The van der Waals surface area contributed by atoms with Crippen LogP contribution in [0.25, 0.3) is 78.7 Å². The van der Waals surface area contributed by atoms with Crippen molar-refractivity contribution in [3.63, 3.8) is 0 Å². The zero-order valence-corrected chi connectivity index (χ0v) is 31.1. The first kappa shape index (κ1) is 33.4. The Balaban J connectivity index is 1.13. The number of rotatable bonds is 6. The Morgan fingerprint density at radius 2 is 0.685 bits per heavy atom. The summed E-state index contributed by atoms with van der Waals surface area (Å²) >= 11 is 0. The lowest BCUT2D eigenvalue weighted by molar-refractivity contribution is 0.300. The maximum atomic E-state index is 4.95. The van der Waals surface area contributed by atoms with E-state index in [0.29, 0.717) is 17.5 Å². The molecule has 3 heteroatoms. The molecule has 260 valence electrons. The fourth-order valence-corrected chi connectivity index (χ4v) is 8.16. The first-order chi connectivity index (χ1) is 26.3. The molecule has 1 aliphatic rings. The van der Waals surface area contributed by atoms with Gasteiger partial charge in [0.15, 0.2) is 17.5 Å². The highest BCUT2D eigenvalue weighted by molar-refractivity contribution is 5.90. The Hall–Kier alpha value is -6.45.